The van der Waals surface area contributed by atoms with E-state index in [2.05, 4.69) is 20.1 Å². The first-order valence-corrected chi connectivity index (χ1v) is 7.52. The SMILES string of the molecule is C=C(C(=O)O)C1CC(OC(C)=O)C2(C)CCCC(=C)C2C1. The van der Waals surface area contributed by atoms with E-state index in [0.29, 0.717) is 6.42 Å². The highest BCUT2D eigenvalue weighted by Crippen LogP contribution is 2.55. The first kappa shape index (κ1) is 15.8. The molecule has 0 aromatic rings. The maximum Gasteiger partial charge on any atom is 0.331 e. The number of hydrogen-bond acceptors (Lipinski definition) is 3. The van der Waals surface area contributed by atoms with Gasteiger partial charge in [0.1, 0.15) is 6.10 Å². The molecule has 0 saturated heterocycles. The summed E-state index contributed by atoms with van der Waals surface area (Å²) >= 11 is 0. The Morgan fingerprint density at radius 1 is 1.38 bits per heavy atom. The van der Waals surface area contributed by atoms with Gasteiger partial charge in [-0.3, -0.25) is 4.79 Å². The zero-order chi connectivity index (χ0) is 15.8. The van der Waals surface area contributed by atoms with E-state index in [0.717, 1.165) is 31.3 Å². The molecule has 2 aliphatic rings. The number of esters is 1. The van der Waals surface area contributed by atoms with Crippen molar-refractivity contribution in [2.45, 2.75) is 52.1 Å². The highest BCUT2D eigenvalue weighted by Gasteiger charge is 2.51. The quantitative estimate of drug-likeness (QED) is 0.492. The van der Waals surface area contributed by atoms with E-state index in [-0.39, 0.29) is 34.9 Å². The number of ether oxygens (including phenoxy) is 1. The molecular formula is C17H24O4. The molecule has 2 rings (SSSR count). The van der Waals surface area contributed by atoms with Crippen LogP contribution in [-0.4, -0.2) is 23.1 Å². The number of allylic oxidation sites excluding steroid dienone is 1. The molecule has 0 radical (unpaired) electrons. The molecule has 116 valence electrons. The van der Waals surface area contributed by atoms with E-state index in [1.165, 1.54) is 6.92 Å². The van der Waals surface area contributed by atoms with Crippen molar-refractivity contribution in [2.24, 2.45) is 17.3 Å². The summed E-state index contributed by atoms with van der Waals surface area (Å²) in [7, 11) is 0. The molecule has 0 aromatic heterocycles. The number of carboxylic acids is 1. The Morgan fingerprint density at radius 3 is 2.62 bits per heavy atom. The predicted molar refractivity (Wildman–Crippen MR) is 79.6 cm³/mol. The summed E-state index contributed by atoms with van der Waals surface area (Å²) in [4.78, 5) is 22.7. The molecule has 2 fully saturated rings. The van der Waals surface area contributed by atoms with Crippen molar-refractivity contribution < 1.29 is 19.4 Å². The third-order valence-corrected chi connectivity index (χ3v) is 5.33. The standard InChI is InChI=1S/C17H24O4/c1-10-6-5-7-17(4)14(10)8-13(11(2)16(19)20)9-15(17)21-12(3)18/h13-15H,1-2,5-9H2,3-4H3,(H,19,20). The van der Waals surface area contributed by atoms with Crippen LogP contribution >= 0.6 is 0 Å². The second-order valence-corrected chi connectivity index (χ2v) is 6.67. The Balaban J connectivity index is 2.31. The van der Waals surface area contributed by atoms with Crippen LogP contribution in [0.3, 0.4) is 0 Å². The molecule has 0 aliphatic heterocycles. The summed E-state index contributed by atoms with van der Waals surface area (Å²) in [5.41, 5.74) is 1.24. The van der Waals surface area contributed by atoms with Crippen molar-refractivity contribution in [2.75, 3.05) is 0 Å². The van der Waals surface area contributed by atoms with Gasteiger partial charge in [-0.05, 0) is 43.9 Å². The first-order chi connectivity index (χ1) is 9.75. The third-order valence-electron chi connectivity index (χ3n) is 5.33. The van der Waals surface area contributed by atoms with Gasteiger partial charge in [-0.1, -0.05) is 25.7 Å². The van der Waals surface area contributed by atoms with Crippen LogP contribution in [0.4, 0.5) is 0 Å². The second-order valence-electron chi connectivity index (χ2n) is 6.67. The van der Waals surface area contributed by atoms with Gasteiger partial charge in [0.05, 0.1) is 0 Å². The molecule has 0 aromatic carbocycles. The molecule has 4 unspecified atom stereocenters. The van der Waals surface area contributed by atoms with Gasteiger partial charge in [-0.2, -0.15) is 0 Å². The molecule has 0 amide bonds. The fraction of sp³-hybridized carbons (Fsp3) is 0.647. The van der Waals surface area contributed by atoms with Crippen LogP contribution in [0.1, 0.15) is 46.0 Å². The average molecular weight is 292 g/mol. The molecule has 2 aliphatic carbocycles. The predicted octanol–water partition coefficient (Wildman–Crippen LogP) is 3.33. The van der Waals surface area contributed by atoms with Gasteiger partial charge in [0.15, 0.2) is 0 Å². The van der Waals surface area contributed by atoms with Crippen molar-refractivity contribution in [3.8, 4) is 0 Å². The zero-order valence-electron chi connectivity index (χ0n) is 12.9. The topological polar surface area (TPSA) is 63.6 Å². The van der Waals surface area contributed by atoms with Gasteiger partial charge in [0, 0.05) is 17.9 Å². The Labute approximate surface area is 125 Å². The lowest BCUT2D eigenvalue weighted by Gasteiger charge is -2.52. The minimum absolute atomic E-state index is 0.129. The molecule has 1 N–H and O–H groups in total. The number of carboxylic acid groups (broad SMARTS) is 1. The highest BCUT2D eigenvalue weighted by atomic mass is 16.5. The van der Waals surface area contributed by atoms with Crippen LogP contribution in [0.25, 0.3) is 0 Å². The second kappa shape index (κ2) is 5.66. The van der Waals surface area contributed by atoms with Gasteiger partial charge in [-0.15, -0.1) is 0 Å². The zero-order valence-corrected chi connectivity index (χ0v) is 12.9. The maximum atomic E-state index is 11.4. The number of hydrogen-bond donors (Lipinski definition) is 1. The van der Waals surface area contributed by atoms with Crippen molar-refractivity contribution in [1.82, 2.24) is 0 Å². The van der Waals surface area contributed by atoms with Crippen LogP contribution in [0.2, 0.25) is 0 Å². The first-order valence-electron chi connectivity index (χ1n) is 7.52. The Morgan fingerprint density at radius 2 is 2.05 bits per heavy atom. The number of fused-ring (bicyclic) bond motifs is 1. The van der Waals surface area contributed by atoms with Gasteiger partial charge in [-0.25, -0.2) is 4.79 Å². The minimum atomic E-state index is -0.966. The van der Waals surface area contributed by atoms with Crippen molar-refractivity contribution in [3.63, 3.8) is 0 Å². The van der Waals surface area contributed by atoms with Crippen molar-refractivity contribution in [1.29, 1.82) is 0 Å². The van der Waals surface area contributed by atoms with Crippen molar-refractivity contribution >= 4 is 11.9 Å². The maximum absolute atomic E-state index is 11.4. The van der Waals surface area contributed by atoms with Gasteiger partial charge >= 0.3 is 11.9 Å². The number of aliphatic carboxylic acids is 1. The molecule has 21 heavy (non-hydrogen) atoms. The third kappa shape index (κ3) is 2.89. The van der Waals surface area contributed by atoms with Crippen molar-refractivity contribution in [3.05, 3.63) is 24.3 Å². The Kier molecular flexibility index (Phi) is 4.26. The largest absolute Gasteiger partial charge is 0.478 e. The van der Waals surface area contributed by atoms with Crippen LogP contribution in [0.15, 0.2) is 24.3 Å². The van der Waals surface area contributed by atoms with Crippen LogP contribution in [0.5, 0.6) is 0 Å². The lowest BCUT2D eigenvalue weighted by molar-refractivity contribution is -0.163. The Bertz CT molecular complexity index is 493. The molecule has 4 atom stereocenters. The summed E-state index contributed by atoms with van der Waals surface area (Å²) in [6, 6.07) is 0. The van der Waals surface area contributed by atoms with Crippen LogP contribution < -0.4 is 0 Å². The molecule has 0 spiro atoms. The molecular weight excluding hydrogens is 268 g/mol. The van der Waals surface area contributed by atoms with Gasteiger partial charge < -0.3 is 9.84 Å². The lowest BCUT2D eigenvalue weighted by atomic mass is 9.55. The van der Waals surface area contributed by atoms with E-state index in [1.54, 1.807) is 0 Å². The van der Waals surface area contributed by atoms with E-state index in [1.807, 2.05) is 0 Å². The number of carbonyl (C=O) groups is 2. The van der Waals surface area contributed by atoms with Crippen LogP contribution in [-0.2, 0) is 14.3 Å². The summed E-state index contributed by atoms with van der Waals surface area (Å²) in [5.74, 6) is -1.23. The molecule has 0 bridgehead atoms. The summed E-state index contributed by atoms with van der Waals surface area (Å²) < 4.78 is 5.56. The molecule has 4 nitrogen and oxygen atoms in total. The normalized spacial score (nSPS) is 35.7. The van der Waals surface area contributed by atoms with Gasteiger partial charge in [0.25, 0.3) is 0 Å². The smallest absolute Gasteiger partial charge is 0.331 e. The van der Waals surface area contributed by atoms with E-state index in [9.17, 15) is 14.7 Å². The van der Waals surface area contributed by atoms with Gasteiger partial charge in [0.2, 0.25) is 0 Å². The van der Waals surface area contributed by atoms with Crippen LogP contribution in [0, 0.1) is 17.3 Å². The fourth-order valence-corrected chi connectivity index (χ4v) is 4.08. The molecule has 0 heterocycles. The van der Waals surface area contributed by atoms with E-state index in [4.69, 9.17) is 4.74 Å². The Hall–Kier alpha value is -1.58. The molecule has 4 heteroatoms. The summed E-state index contributed by atoms with van der Waals surface area (Å²) in [5, 5.41) is 9.20. The minimum Gasteiger partial charge on any atom is -0.478 e. The number of rotatable bonds is 3. The summed E-state index contributed by atoms with van der Waals surface area (Å²) in [6.07, 6.45) is 4.05. The van der Waals surface area contributed by atoms with E-state index >= 15 is 0 Å². The highest BCUT2D eigenvalue weighted by molar-refractivity contribution is 5.86. The fourth-order valence-electron chi connectivity index (χ4n) is 4.08. The molecule has 2 saturated carbocycles. The average Bonchev–Trinajstić information content (AvgIpc) is 2.38. The van der Waals surface area contributed by atoms with E-state index < -0.39 is 5.97 Å². The number of carbonyl (C=O) groups excluding carboxylic acids is 1. The lowest BCUT2D eigenvalue weighted by Crippen LogP contribution is -2.50. The monoisotopic (exact) mass is 292 g/mol. The summed E-state index contributed by atoms with van der Waals surface area (Å²) in [6.45, 7) is 11.4.